The number of benzene rings is 1. The highest BCUT2D eigenvalue weighted by Crippen LogP contribution is 2.19. The first-order chi connectivity index (χ1) is 6.56. The molecular formula is C9H12F2N2O. The van der Waals surface area contributed by atoms with Gasteiger partial charge < -0.3 is 10.6 Å². The fraction of sp³-hybridized carbons (Fsp3) is 0.333. The van der Waals surface area contributed by atoms with Crippen molar-refractivity contribution < 1.29 is 13.6 Å². The van der Waals surface area contributed by atoms with Crippen LogP contribution in [0.4, 0.5) is 14.5 Å². The van der Waals surface area contributed by atoms with E-state index in [1.807, 2.05) is 0 Å². The summed E-state index contributed by atoms with van der Waals surface area (Å²) < 4.78 is 26.5. The van der Waals surface area contributed by atoms with Gasteiger partial charge in [-0.3, -0.25) is 0 Å². The van der Waals surface area contributed by atoms with Gasteiger partial charge in [-0.2, -0.15) is 5.06 Å². The Morgan fingerprint density at radius 1 is 1.43 bits per heavy atom. The van der Waals surface area contributed by atoms with E-state index in [9.17, 15) is 8.78 Å². The molecule has 0 heterocycles. The topological polar surface area (TPSA) is 38.5 Å². The predicted octanol–water partition coefficient (Wildman–Crippen LogP) is 1.54. The molecule has 0 radical (unpaired) electrons. The molecule has 2 N–H and O–H groups in total. The second kappa shape index (κ2) is 4.34. The van der Waals surface area contributed by atoms with Crippen molar-refractivity contribution >= 4 is 5.69 Å². The van der Waals surface area contributed by atoms with Crippen molar-refractivity contribution in [3.05, 3.63) is 29.3 Å². The van der Waals surface area contributed by atoms with E-state index in [-0.39, 0.29) is 17.8 Å². The summed E-state index contributed by atoms with van der Waals surface area (Å²) in [6, 6.07) is 2.33. The number of nitrogens with two attached hydrogens (primary N) is 1. The third-order valence-corrected chi connectivity index (χ3v) is 1.91. The number of hydroxylamine groups is 2. The maximum Gasteiger partial charge on any atom is 0.153 e. The molecule has 0 aliphatic carbocycles. The largest absolute Gasteiger partial charge is 0.396 e. The standard InChI is InChI=1S/C9H12F2N2O/c1-13(14-2)5-6-7(10)3-4-8(12)9(6)11/h3-4H,5,12H2,1-2H3. The first kappa shape index (κ1) is 10.9. The van der Waals surface area contributed by atoms with Crippen LogP contribution in [-0.2, 0) is 11.4 Å². The summed E-state index contributed by atoms with van der Waals surface area (Å²) in [6.07, 6.45) is 0. The van der Waals surface area contributed by atoms with E-state index in [2.05, 4.69) is 0 Å². The molecule has 0 bridgehead atoms. The highest BCUT2D eigenvalue weighted by molar-refractivity contribution is 5.43. The molecule has 1 aromatic rings. The molecule has 78 valence electrons. The van der Waals surface area contributed by atoms with E-state index in [4.69, 9.17) is 10.6 Å². The Morgan fingerprint density at radius 2 is 2.07 bits per heavy atom. The molecule has 3 nitrogen and oxygen atoms in total. The lowest BCUT2D eigenvalue weighted by Crippen LogP contribution is -2.18. The zero-order chi connectivity index (χ0) is 10.7. The SMILES string of the molecule is CON(C)Cc1c(F)ccc(N)c1F. The van der Waals surface area contributed by atoms with Crippen molar-refractivity contribution in [2.75, 3.05) is 19.9 Å². The van der Waals surface area contributed by atoms with Gasteiger partial charge in [-0.05, 0) is 12.1 Å². The zero-order valence-electron chi connectivity index (χ0n) is 8.05. The van der Waals surface area contributed by atoms with Crippen molar-refractivity contribution in [3.8, 4) is 0 Å². The molecule has 1 rings (SSSR count). The van der Waals surface area contributed by atoms with Crippen LogP contribution in [0, 0.1) is 11.6 Å². The summed E-state index contributed by atoms with van der Waals surface area (Å²) >= 11 is 0. The van der Waals surface area contributed by atoms with E-state index in [1.165, 1.54) is 18.2 Å². The van der Waals surface area contributed by atoms with Gasteiger partial charge in [0.25, 0.3) is 0 Å². The van der Waals surface area contributed by atoms with Crippen molar-refractivity contribution in [2.24, 2.45) is 0 Å². The van der Waals surface area contributed by atoms with Crippen molar-refractivity contribution in [2.45, 2.75) is 6.54 Å². The quantitative estimate of drug-likeness (QED) is 0.597. The number of nitrogens with zero attached hydrogens (tertiary/aromatic N) is 1. The lowest BCUT2D eigenvalue weighted by molar-refractivity contribution is -0.117. The molecule has 0 aromatic heterocycles. The van der Waals surface area contributed by atoms with E-state index in [0.29, 0.717) is 0 Å². The highest BCUT2D eigenvalue weighted by atomic mass is 19.1. The molecule has 0 amide bonds. The van der Waals surface area contributed by atoms with Crippen LogP contribution in [0.2, 0.25) is 0 Å². The molecule has 1 aromatic carbocycles. The first-order valence-corrected chi connectivity index (χ1v) is 4.04. The van der Waals surface area contributed by atoms with Crippen LogP contribution >= 0.6 is 0 Å². The number of rotatable bonds is 3. The summed E-state index contributed by atoms with van der Waals surface area (Å²) in [6.45, 7) is 0.0131. The summed E-state index contributed by atoms with van der Waals surface area (Å²) in [4.78, 5) is 4.76. The van der Waals surface area contributed by atoms with Crippen LogP contribution in [0.25, 0.3) is 0 Å². The van der Waals surface area contributed by atoms with E-state index >= 15 is 0 Å². The van der Waals surface area contributed by atoms with Gasteiger partial charge in [0.2, 0.25) is 0 Å². The Balaban J connectivity index is 3.00. The maximum atomic E-state index is 13.3. The lowest BCUT2D eigenvalue weighted by Gasteiger charge is -2.14. The Hall–Kier alpha value is -1.20. The Morgan fingerprint density at radius 3 is 2.64 bits per heavy atom. The number of hydrogen-bond acceptors (Lipinski definition) is 3. The molecule has 0 spiro atoms. The molecule has 0 aliphatic heterocycles. The van der Waals surface area contributed by atoms with Crippen LogP contribution < -0.4 is 5.73 Å². The van der Waals surface area contributed by atoms with Gasteiger partial charge in [-0.15, -0.1) is 0 Å². The first-order valence-electron chi connectivity index (χ1n) is 4.04. The fourth-order valence-corrected chi connectivity index (χ4v) is 1.05. The molecule has 5 heteroatoms. The predicted molar refractivity (Wildman–Crippen MR) is 49.2 cm³/mol. The number of nitrogen functional groups attached to an aromatic ring is 1. The van der Waals surface area contributed by atoms with Crippen LogP contribution in [-0.4, -0.2) is 19.2 Å². The minimum absolute atomic E-state index is 0.0131. The molecular weight excluding hydrogens is 190 g/mol. The average Bonchev–Trinajstić information content (AvgIpc) is 2.18. The molecule has 0 aliphatic rings. The summed E-state index contributed by atoms with van der Waals surface area (Å²) in [5.74, 6) is -1.35. The molecule has 0 saturated carbocycles. The smallest absolute Gasteiger partial charge is 0.153 e. The zero-order valence-corrected chi connectivity index (χ0v) is 8.05. The lowest BCUT2D eigenvalue weighted by atomic mass is 10.1. The summed E-state index contributed by atoms with van der Waals surface area (Å²) in [5, 5.41) is 1.31. The Kier molecular flexibility index (Phi) is 3.38. The third kappa shape index (κ3) is 2.18. The molecule has 0 atom stereocenters. The molecule has 0 fully saturated rings. The minimum atomic E-state index is -0.728. The average molecular weight is 202 g/mol. The fourth-order valence-electron chi connectivity index (χ4n) is 1.05. The second-order valence-electron chi connectivity index (χ2n) is 2.90. The number of hydrogen-bond donors (Lipinski definition) is 1. The van der Waals surface area contributed by atoms with Gasteiger partial charge >= 0.3 is 0 Å². The van der Waals surface area contributed by atoms with Crippen LogP contribution in [0.3, 0.4) is 0 Å². The van der Waals surface area contributed by atoms with Gasteiger partial charge in [0.15, 0.2) is 5.82 Å². The van der Waals surface area contributed by atoms with Crippen LogP contribution in [0.1, 0.15) is 5.56 Å². The molecule has 0 saturated heterocycles. The van der Waals surface area contributed by atoms with Gasteiger partial charge in [-0.1, -0.05) is 0 Å². The van der Waals surface area contributed by atoms with Crippen molar-refractivity contribution in [1.82, 2.24) is 5.06 Å². The molecule has 0 unspecified atom stereocenters. The number of halogens is 2. The summed E-state index contributed by atoms with van der Waals surface area (Å²) in [5.41, 5.74) is 5.15. The minimum Gasteiger partial charge on any atom is -0.396 e. The van der Waals surface area contributed by atoms with Crippen LogP contribution in [0.15, 0.2) is 12.1 Å². The summed E-state index contributed by atoms with van der Waals surface area (Å²) in [7, 11) is 2.99. The highest BCUT2D eigenvalue weighted by Gasteiger charge is 2.13. The third-order valence-electron chi connectivity index (χ3n) is 1.91. The maximum absolute atomic E-state index is 13.3. The van der Waals surface area contributed by atoms with Gasteiger partial charge in [0.05, 0.1) is 19.3 Å². The molecule has 14 heavy (non-hydrogen) atoms. The monoisotopic (exact) mass is 202 g/mol. The van der Waals surface area contributed by atoms with Crippen molar-refractivity contribution in [3.63, 3.8) is 0 Å². The van der Waals surface area contributed by atoms with Gasteiger partial charge in [0, 0.05) is 12.6 Å². The van der Waals surface area contributed by atoms with Gasteiger partial charge in [-0.25, -0.2) is 8.78 Å². The Bertz CT molecular complexity index is 331. The van der Waals surface area contributed by atoms with Crippen molar-refractivity contribution in [1.29, 1.82) is 0 Å². The Labute approximate surface area is 81.0 Å². The van der Waals surface area contributed by atoms with E-state index < -0.39 is 11.6 Å². The van der Waals surface area contributed by atoms with E-state index in [1.54, 1.807) is 7.05 Å². The van der Waals surface area contributed by atoms with Crippen LogP contribution in [0.5, 0.6) is 0 Å². The number of anilines is 1. The second-order valence-corrected chi connectivity index (χ2v) is 2.90. The normalized spacial score (nSPS) is 10.9. The van der Waals surface area contributed by atoms with E-state index in [0.717, 1.165) is 6.07 Å². The van der Waals surface area contributed by atoms with Gasteiger partial charge in [0.1, 0.15) is 5.82 Å².